The molecule has 0 aliphatic carbocycles. The Bertz CT molecular complexity index is 1570. The van der Waals surface area contributed by atoms with Gasteiger partial charge in [0.25, 0.3) is 11.8 Å². The molecule has 1 aliphatic rings. The first-order valence-electron chi connectivity index (χ1n) is 11.9. The van der Waals surface area contributed by atoms with Crippen LogP contribution in [0.2, 0.25) is 10.0 Å². The fraction of sp³-hybridized carbons (Fsp3) is 0.103. The summed E-state index contributed by atoms with van der Waals surface area (Å²) in [5.41, 5.74) is 3.09. The molecule has 1 N–H and O–H groups in total. The van der Waals surface area contributed by atoms with Crippen LogP contribution in [0.25, 0.3) is 0 Å². The molecule has 10 heteroatoms. The largest absolute Gasteiger partial charge is 0.298 e. The summed E-state index contributed by atoms with van der Waals surface area (Å²) in [6, 6.07) is 24.7. The van der Waals surface area contributed by atoms with Gasteiger partial charge in [0.1, 0.15) is 4.32 Å². The minimum absolute atomic E-state index is 0.273. The fourth-order valence-corrected chi connectivity index (χ4v) is 6.57. The Morgan fingerprint density at radius 1 is 0.949 bits per heavy atom. The fourth-order valence-electron chi connectivity index (χ4n) is 4.04. The second-order valence-electron chi connectivity index (χ2n) is 8.69. The van der Waals surface area contributed by atoms with Gasteiger partial charge < -0.3 is 0 Å². The van der Waals surface area contributed by atoms with Crippen molar-refractivity contribution in [2.45, 2.75) is 19.4 Å². The number of aromatic nitrogens is 1. The van der Waals surface area contributed by atoms with E-state index in [1.165, 1.54) is 11.3 Å². The molecule has 0 radical (unpaired) electrons. The predicted octanol–water partition coefficient (Wildman–Crippen LogP) is 7.54. The molecule has 0 saturated carbocycles. The van der Waals surface area contributed by atoms with Crippen molar-refractivity contribution >= 4 is 79.8 Å². The van der Waals surface area contributed by atoms with Gasteiger partial charge in [-0.05, 0) is 22.8 Å². The Kier molecular flexibility index (Phi) is 8.79. The highest BCUT2D eigenvalue weighted by Crippen LogP contribution is 2.36. The quantitative estimate of drug-likeness (QED) is 0.165. The van der Waals surface area contributed by atoms with Gasteiger partial charge in [-0.2, -0.15) is 0 Å². The lowest BCUT2D eigenvalue weighted by molar-refractivity contribution is -0.123. The molecule has 0 spiro atoms. The smallest absolute Gasteiger partial charge is 0.266 e. The molecular formula is C29H21Cl2N3O2S3. The highest BCUT2D eigenvalue weighted by molar-refractivity contribution is 8.26. The van der Waals surface area contributed by atoms with Gasteiger partial charge in [-0.3, -0.25) is 19.8 Å². The Hall–Kier alpha value is -3.01. The number of amides is 2. The standard InChI is InChI=1S/C29H21Cl2N3O2S3/c30-23-13-7-12-20(24(23)31)15-21-16-32-28(38-21)33-26(35)22(14-18-8-3-1-4-9-18)25-27(36)34(29(37)39-25)17-19-10-5-2-6-11-19/h1-13,16H,14-15,17H2,(H,32,33,35)/b25-22+. The van der Waals surface area contributed by atoms with Crippen LogP contribution in [0.1, 0.15) is 21.6 Å². The molecule has 196 valence electrons. The van der Waals surface area contributed by atoms with Gasteiger partial charge in [0.2, 0.25) is 0 Å². The van der Waals surface area contributed by atoms with E-state index in [9.17, 15) is 9.59 Å². The number of hydrogen-bond acceptors (Lipinski definition) is 6. The van der Waals surface area contributed by atoms with Crippen LogP contribution < -0.4 is 5.32 Å². The molecule has 1 aliphatic heterocycles. The van der Waals surface area contributed by atoms with Crippen LogP contribution in [0, 0.1) is 0 Å². The van der Waals surface area contributed by atoms with Crippen LogP contribution in [-0.2, 0) is 29.0 Å². The van der Waals surface area contributed by atoms with Crippen molar-refractivity contribution in [3.05, 3.63) is 127 Å². The Balaban J connectivity index is 1.40. The molecular weight excluding hydrogens is 589 g/mol. The number of nitrogens with one attached hydrogen (secondary N) is 1. The third kappa shape index (κ3) is 6.59. The van der Waals surface area contributed by atoms with Crippen molar-refractivity contribution in [1.82, 2.24) is 9.88 Å². The molecule has 2 amide bonds. The van der Waals surface area contributed by atoms with Crippen molar-refractivity contribution in [1.29, 1.82) is 0 Å². The molecule has 1 aromatic heterocycles. The average Bonchev–Trinajstić information content (AvgIpc) is 3.49. The second kappa shape index (κ2) is 12.4. The first kappa shape index (κ1) is 27.6. The Morgan fingerprint density at radius 3 is 2.36 bits per heavy atom. The van der Waals surface area contributed by atoms with Crippen LogP contribution in [-0.4, -0.2) is 26.0 Å². The molecule has 1 saturated heterocycles. The number of thioether (sulfide) groups is 1. The van der Waals surface area contributed by atoms with Gasteiger partial charge in [-0.15, -0.1) is 11.3 Å². The maximum Gasteiger partial charge on any atom is 0.266 e. The van der Waals surface area contributed by atoms with Gasteiger partial charge >= 0.3 is 0 Å². The number of carbonyl (C=O) groups is 2. The summed E-state index contributed by atoms with van der Waals surface area (Å²) >= 11 is 20.5. The number of anilines is 1. The maximum absolute atomic E-state index is 13.6. The van der Waals surface area contributed by atoms with Crippen LogP contribution in [0.4, 0.5) is 5.13 Å². The topological polar surface area (TPSA) is 62.3 Å². The van der Waals surface area contributed by atoms with Crippen molar-refractivity contribution in [2.24, 2.45) is 0 Å². The zero-order chi connectivity index (χ0) is 27.4. The van der Waals surface area contributed by atoms with Crippen molar-refractivity contribution in [3.8, 4) is 0 Å². The zero-order valence-corrected chi connectivity index (χ0v) is 24.4. The van der Waals surface area contributed by atoms with E-state index < -0.39 is 0 Å². The summed E-state index contributed by atoms with van der Waals surface area (Å²) in [6.45, 7) is 0.344. The summed E-state index contributed by atoms with van der Waals surface area (Å²) in [5, 5.41) is 4.31. The lowest BCUT2D eigenvalue weighted by Gasteiger charge is -2.15. The minimum atomic E-state index is -0.388. The van der Waals surface area contributed by atoms with Crippen LogP contribution in [0.15, 0.2) is 95.5 Å². The third-order valence-corrected chi connectivity index (χ3v) is 9.24. The molecule has 39 heavy (non-hydrogen) atoms. The summed E-state index contributed by atoms with van der Waals surface area (Å²) in [4.78, 5) is 34.3. The highest BCUT2D eigenvalue weighted by Gasteiger charge is 2.36. The van der Waals surface area contributed by atoms with E-state index in [2.05, 4.69) is 10.3 Å². The molecule has 0 atom stereocenters. The average molecular weight is 611 g/mol. The number of halogens is 2. The molecule has 3 aromatic carbocycles. The lowest BCUT2D eigenvalue weighted by atomic mass is 10.0. The summed E-state index contributed by atoms with van der Waals surface area (Å²) in [5.74, 6) is -0.661. The number of nitrogens with zero attached hydrogens (tertiary/aromatic N) is 2. The summed E-state index contributed by atoms with van der Waals surface area (Å²) in [6.07, 6.45) is 2.51. The Labute approximate surface area is 249 Å². The molecule has 0 unspecified atom stereocenters. The van der Waals surface area contributed by atoms with Gasteiger partial charge in [-0.1, -0.05) is 120 Å². The van der Waals surface area contributed by atoms with E-state index >= 15 is 0 Å². The number of thiazole rings is 1. The highest BCUT2D eigenvalue weighted by atomic mass is 35.5. The van der Waals surface area contributed by atoms with Gasteiger partial charge in [0.15, 0.2) is 5.13 Å². The van der Waals surface area contributed by atoms with E-state index in [0.717, 1.165) is 33.3 Å². The van der Waals surface area contributed by atoms with Crippen LogP contribution in [0.5, 0.6) is 0 Å². The van der Waals surface area contributed by atoms with E-state index in [4.69, 9.17) is 35.4 Å². The van der Waals surface area contributed by atoms with Crippen molar-refractivity contribution in [3.63, 3.8) is 0 Å². The SMILES string of the molecule is O=C(Nc1ncc(Cc2cccc(Cl)c2Cl)s1)/C(Cc1ccccc1)=C1/SC(=S)N(Cc2ccccc2)C1=O. The first-order valence-corrected chi connectivity index (χ1v) is 14.7. The molecule has 1 fully saturated rings. The summed E-state index contributed by atoms with van der Waals surface area (Å²) in [7, 11) is 0. The number of hydrogen-bond donors (Lipinski definition) is 1. The predicted molar refractivity (Wildman–Crippen MR) is 164 cm³/mol. The summed E-state index contributed by atoms with van der Waals surface area (Å²) < 4.78 is 0.423. The minimum Gasteiger partial charge on any atom is -0.298 e. The molecule has 5 nitrogen and oxygen atoms in total. The van der Waals surface area contributed by atoms with E-state index in [-0.39, 0.29) is 18.2 Å². The number of carbonyl (C=O) groups excluding carboxylic acids is 2. The molecule has 0 bridgehead atoms. The normalized spacial score (nSPS) is 14.6. The number of benzene rings is 3. The van der Waals surface area contributed by atoms with Crippen molar-refractivity contribution < 1.29 is 9.59 Å². The van der Waals surface area contributed by atoms with Gasteiger partial charge in [0, 0.05) is 29.5 Å². The van der Waals surface area contributed by atoms with Crippen LogP contribution in [0.3, 0.4) is 0 Å². The van der Waals surface area contributed by atoms with Crippen molar-refractivity contribution in [2.75, 3.05) is 5.32 Å². The van der Waals surface area contributed by atoms with E-state index in [1.807, 2.05) is 72.8 Å². The molecule has 5 rings (SSSR count). The zero-order valence-electron chi connectivity index (χ0n) is 20.4. The second-order valence-corrected chi connectivity index (χ2v) is 12.2. The Morgan fingerprint density at radius 2 is 1.64 bits per heavy atom. The number of rotatable bonds is 8. The third-order valence-electron chi connectivity index (χ3n) is 5.97. The first-order chi connectivity index (χ1) is 18.9. The van der Waals surface area contributed by atoms with E-state index in [1.54, 1.807) is 17.2 Å². The van der Waals surface area contributed by atoms with Gasteiger partial charge in [0.05, 0.1) is 21.5 Å². The van der Waals surface area contributed by atoms with Gasteiger partial charge in [-0.25, -0.2) is 4.98 Å². The lowest BCUT2D eigenvalue weighted by Crippen LogP contribution is -2.28. The maximum atomic E-state index is 13.6. The molecule has 4 aromatic rings. The number of thiocarbonyl (C=S) groups is 1. The monoisotopic (exact) mass is 609 g/mol. The van der Waals surface area contributed by atoms with Crippen LogP contribution >= 0.6 is 58.5 Å². The van der Waals surface area contributed by atoms with E-state index in [0.29, 0.717) is 42.9 Å². The molecule has 2 heterocycles.